The number of carbonyl (C=O) groups is 1. The SMILES string of the molecule is C=CCn1c(C(NC(=O)c2ccccc2Cl)C(C)C)n[nH]c1=S. The van der Waals surface area contributed by atoms with E-state index in [0.717, 1.165) is 0 Å². The molecule has 23 heavy (non-hydrogen) atoms. The fraction of sp³-hybridized carbons (Fsp3) is 0.312. The summed E-state index contributed by atoms with van der Waals surface area (Å²) in [6.45, 7) is 8.27. The predicted octanol–water partition coefficient (Wildman–Crippen LogP) is 3.91. The van der Waals surface area contributed by atoms with Gasteiger partial charge in [-0.3, -0.25) is 14.5 Å². The summed E-state index contributed by atoms with van der Waals surface area (Å²) in [6, 6.07) is 6.64. The fourth-order valence-corrected chi connectivity index (χ4v) is 2.70. The molecule has 1 atom stereocenters. The smallest absolute Gasteiger partial charge is 0.253 e. The Morgan fingerprint density at radius 2 is 2.22 bits per heavy atom. The average molecular weight is 351 g/mol. The van der Waals surface area contributed by atoms with E-state index in [1.54, 1.807) is 30.3 Å². The Kier molecular flexibility index (Phi) is 5.74. The van der Waals surface area contributed by atoms with Gasteiger partial charge in [0.05, 0.1) is 16.6 Å². The van der Waals surface area contributed by atoms with Crippen LogP contribution in [0.15, 0.2) is 36.9 Å². The number of H-pyrrole nitrogens is 1. The highest BCUT2D eigenvalue weighted by molar-refractivity contribution is 7.71. The number of rotatable bonds is 6. The molecule has 0 aliphatic carbocycles. The van der Waals surface area contributed by atoms with E-state index in [1.165, 1.54) is 0 Å². The summed E-state index contributed by atoms with van der Waals surface area (Å²) in [4.78, 5) is 12.5. The zero-order chi connectivity index (χ0) is 17.0. The third kappa shape index (κ3) is 3.89. The molecule has 0 aliphatic rings. The van der Waals surface area contributed by atoms with E-state index in [4.69, 9.17) is 23.8 Å². The number of aromatic nitrogens is 3. The van der Waals surface area contributed by atoms with Gasteiger partial charge < -0.3 is 5.32 Å². The lowest BCUT2D eigenvalue weighted by molar-refractivity contribution is 0.0922. The molecule has 1 amide bonds. The molecule has 1 aromatic heterocycles. The number of hydrogen-bond donors (Lipinski definition) is 2. The van der Waals surface area contributed by atoms with Crippen LogP contribution in [0.5, 0.6) is 0 Å². The van der Waals surface area contributed by atoms with Crippen molar-refractivity contribution in [2.75, 3.05) is 0 Å². The van der Waals surface area contributed by atoms with Crippen molar-refractivity contribution in [1.82, 2.24) is 20.1 Å². The fourth-order valence-electron chi connectivity index (χ4n) is 2.27. The predicted molar refractivity (Wildman–Crippen MR) is 94.1 cm³/mol. The van der Waals surface area contributed by atoms with Crippen molar-refractivity contribution >= 4 is 29.7 Å². The minimum atomic E-state index is -0.299. The molecule has 0 spiro atoms. The molecule has 1 aromatic carbocycles. The molecule has 5 nitrogen and oxygen atoms in total. The maximum absolute atomic E-state index is 12.5. The van der Waals surface area contributed by atoms with Gasteiger partial charge in [-0.05, 0) is 30.3 Å². The Labute approximate surface area is 145 Å². The first-order chi connectivity index (χ1) is 11.0. The Morgan fingerprint density at radius 3 is 2.83 bits per heavy atom. The number of halogens is 1. The second-order valence-electron chi connectivity index (χ2n) is 5.46. The zero-order valence-electron chi connectivity index (χ0n) is 13.0. The normalized spacial score (nSPS) is 12.2. The van der Waals surface area contributed by atoms with Crippen LogP contribution < -0.4 is 5.32 Å². The molecular weight excluding hydrogens is 332 g/mol. The van der Waals surface area contributed by atoms with Gasteiger partial charge in [0.2, 0.25) is 0 Å². The topological polar surface area (TPSA) is 62.7 Å². The van der Waals surface area contributed by atoms with Crippen molar-refractivity contribution in [3.05, 3.63) is 58.1 Å². The maximum Gasteiger partial charge on any atom is 0.253 e. The van der Waals surface area contributed by atoms with E-state index in [1.807, 2.05) is 18.4 Å². The lowest BCUT2D eigenvalue weighted by Gasteiger charge is -2.22. The number of allylic oxidation sites excluding steroid dienone is 1. The number of nitrogens with zero attached hydrogens (tertiary/aromatic N) is 2. The highest BCUT2D eigenvalue weighted by Gasteiger charge is 2.25. The van der Waals surface area contributed by atoms with Gasteiger partial charge in [0.1, 0.15) is 0 Å². The number of carbonyl (C=O) groups excluding carboxylic acids is 1. The Balaban J connectivity index is 2.33. The first-order valence-electron chi connectivity index (χ1n) is 7.27. The van der Waals surface area contributed by atoms with Gasteiger partial charge in [-0.15, -0.1) is 6.58 Å². The number of hydrogen-bond acceptors (Lipinski definition) is 3. The molecule has 0 aliphatic heterocycles. The van der Waals surface area contributed by atoms with Gasteiger partial charge in [-0.2, -0.15) is 5.10 Å². The largest absolute Gasteiger partial charge is 0.342 e. The van der Waals surface area contributed by atoms with E-state index in [2.05, 4.69) is 22.1 Å². The monoisotopic (exact) mass is 350 g/mol. The highest BCUT2D eigenvalue weighted by atomic mass is 35.5. The maximum atomic E-state index is 12.5. The van der Waals surface area contributed by atoms with Crippen LogP contribution in [0.1, 0.15) is 36.1 Å². The summed E-state index contributed by atoms with van der Waals surface area (Å²) in [5.74, 6) is 0.550. The highest BCUT2D eigenvalue weighted by Crippen LogP contribution is 2.22. The van der Waals surface area contributed by atoms with Crippen LogP contribution >= 0.6 is 23.8 Å². The van der Waals surface area contributed by atoms with Crippen LogP contribution in [0, 0.1) is 10.7 Å². The number of aromatic amines is 1. The van der Waals surface area contributed by atoms with Crippen LogP contribution in [-0.2, 0) is 6.54 Å². The second kappa shape index (κ2) is 7.57. The van der Waals surface area contributed by atoms with Crippen molar-refractivity contribution in [1.29, 1.82) is 0 Å². The molecule has 1 heterocycles. The molecule has 0 saturated heterocycles. The quantitative estimate of drug-likeness (QED) is 0.613. The lowest BCUT2D eigenvalue weighted by Crippen LogP contribution is -2.34. The molecule has 0 bridgehead atoms. The third-order valence-electron chi connectivity index (χ3n) is 3.45. The van der Waals surface area contributed by atoms with Gasteiger partial charge >= 0.3 is 0 Å². The van der Waals surface area contributed by atoms with E-state index in [-0.39, 0.29) is 17.9 Å². The second-order valence-corrected chi connectivity index (χ2v) is 6.26. The number of benzene rings is 1. The van der Waals surface area contributed by atoms with Crippen molar-refractivity contribution < 1.29 is 4.79 Å². The average Bonchev–Trinajstić information content (AvgIpc) is 2.86. The Hall–Kier alpha value is -1.92. The first kappa shape index (κ1) is 17.4. The van der Waals surface area contributed by atoms with Crippen molar-refractivity contribution in [2.45, 2.75) is 26.4 Å². The molecule has 7 heteroatoms. The molecule has 2 rings (SSSR count). The van der Waals surface area contributed by atoms with Crippen LogP contribution in [0.25, 0.3) is 0 Å². The zero-order valence-corrected chi connectivity index (χ0v) is 14.6. The van der Waals surface area contributed by atoms with Gasteiger partial charge in [-0.25, -0.2) is 0 Å². The van der Waals surface area contributed by atoms with Crippen LogP contribution in [0.4, 0.5) is 0 Å². The molecule has 2 aromatic rings. The molecule has 0 radical (unpaired) electrons. The first-order valence-corrected chi connectivity index (χ1v) is 8.05. The van der Waals surface area contributed by atoms with Crippen molar-refractivity contribution in [3.63, 3.8) is 0 Å². The van der Waals surface area contributed by atoms with Gasteiger partial charge in [-0.1, -0.05) is 43.7 Å². The van der Waals surface area contributed by atoms with Crippen LogP contribution in [0.3, 0.4) is 0 Å². The minimum Gasteiger partial charge on any atom is -0.342 e. The molecule has 0 saturated carbocycles. The molecule has 1 unspecified atom stereocenters. The van der Waals surface area contributed by atoms with Gasteiger partial charge in [0.25, 0.3) is 5.91 Å². The summed E-state index contributed by atoms with van der Waals surface area (Å²) in [7, 11) is 0. The van der Waals surface area contributed by atoms with E-state index in [0.29, 0.717) is 27.7 Å². The Bertz CT molecular complexity index is 765. The van der Waals surface area contributed by atoms with Gasteiger partial charge in [0.15, 0.2) is 10.6 Å². The summed E-state index contributed by atoms with van der Waals surface area (Å²) in [6.07, 6.45) is 1.74. The molecule has 0 fully saturated rings. The van der Waals surface area contributed by atoms with Crippen LogP contribution in [-0.4, -0.2) is 20.7 Å². The van der Waals surface area contributed by atoms with Crippen LogP contribution in [0.2, 0.25) is 5.02 Å². The standard InChI is InChI=1S/C16H19ClN4OS/c1-4-9-21-14(19-20-16(21)23)13(10(2)3)18-15(22)11-7-5-6-8-12(11)17/h4-8,10,13H,1,9H2,2-3H3,(H,18,22)(H,20,23). The van der Waals surface area contributed by atoms with Crippen molar-refractivity contribution in [2.24, 2.45) is 5.92 Å². The number of amides is 1. The molecule has 122 valence electrons. The van der Waals surface area contributed by atoms with Crippen molar-refractivity contribution in [3.8, 4) is 0 Å². The summed E-state index contributed by atoms with van der Waals surface area (Å²) in [5, 5.41) is 10.5. The third-order valence-corrected chi connectivity index (χ3v) is 4.09. The lowest BCUT2D eigenvalue weighted by atomic mass is 10.0. The summed E-state index contributed by atoms with van der Waals surface area (Å²) in [5.41, 5.74) is 0.434. The number of nitrogens with one attached hydrogen (secondary N) is 2. The van der Waals surface area contributed by atoms with Gasteiger partial charge in [0, 0.05) is 6.54 Å². The van der Waals surface area contributed by atoms with E-state index in [9.17, 15) is 4.79 Å². The van der Waals surface area contributed by atoms with E-state index >= 15 is 0 Å². The Morgan fingerprint density at radius 1 is 1.52 bits per heavy atom. The molecule has 2 N–H and O–H groups in total. The molecular formula is C16H19ClN4OS. The van der Waals surface area contributed by atoms with E-state index < -0.39 is 0 Å². The minimum absolute atomic E-state index is 0.121. The summed E-state index contributed by atoms with van der Waals surface area (Å²) < 4.78 is 2.32. The summed E-state index contributed by atoms with van der Waals surface area (Å²) >= 11 is 11.3.